The van der Waals surface area contributed by atoms with E-state index in [4.69, 9.17) is 9.60 Å². The third kappa shape index (κ3) is 3.20. The molecule has 3 aromatic rings. The molecule has 0 bridgehead atoms. The van der Waals surface area contributed by atoms with Crippen LogP contribution in [0.25, 0.3) is 5.69 Å². The van der Waals surface area contributed by atoms with Gasteiger partial charge in [-0.1, -0.05) is 6.07 Å². The van der Waals surface area contributed by atoms with Gasteiger partial charge >= 0.3 is 0 Å². The van der Waals surface area contributed by atoms with E-state index in [1.165, 1.54) is 29.3 Å². The normalized spacial score (nSPS) is 24.9. The Morgan fingerprint density at radius 1 is 1.10 bits per heavy atom. The standard InChI is InChI=1S/C21H22FN7O/c1-13-8-14(2)26-21(25-13)28-11-15-9-27(10-16(15)12-28)20(30)19-17(22)4-3-5-18(19)29-23-6-7-24-29/h3-8,15-16H,9-12H2,1-2H3/i1D3,2D3,8D. The highest BCUT2D eigenvalue weighted by molar-refractivity contribution is 5.98. The lowest BCUT2D eigenvalue weighted by molar-refractivity contribution is 0.0777. The van der Waals surface area contributed by atoms with Gasteiger partial charge < -0.3 is 9.80 Å². The third-order valence-corrected chi connectivity index (χ3v) is 5.56. The fourth-order valence-electron chi connectivity index (χ4n) is 4.25. The van der Waals surface area contributed by atoms with Gasteiger partial charge in [0, 0.05) is 57.6 Å². The summed E-state index contributed by atoms with van der Waals surface area (Å²) in [6.45, 7) is -4.25. The van der Waals surface area contributed by atoms with Crippen LogP contribution in [0.2, 0.25) is 0 Å². The molecule has 1 aromatic carbocycles. The topological polar surface area (TPSA) is 80.0 Å². The zero-order valence-corrected chi connectivity index (χ0v) is 15.8. The van der Waals surface area contributed by atoms with Crippen molar-refractivity contribution in [3.8, 4) is 5.69 Å². The lowest BCUT2D eigenvalue weighted by atomic mass is 10.0. The molecule has 154 valence electrons. The highest BCUT2D eigenvalue weighted by Crippen LogP contribution is 2.34. The monoisotopic (exact) mass is 414 g/mol. The van der Waals surface area contributed by atoms with Crippen LogP contribution in [0.3, 0.4) is 0 Å². The number of nitrogens with zero attached hydrogens (tertiary/aromatic N) is 7. The van der Waals surface area contributed by atoms with Crippen molar-refractivity contribution in [2.45, 2.75) is 13.7 Å². The van der Waals surface area contributed by atoms with Gasteiger partial charge in [-0.05, 0) is 31.9 Å². The van der Waals surface area contributed by atoms with E-state index >= 15 is 0 Å². The van der Waals surface area contributed by atoms with Crippen molar-refractivity contribution in [3.05, 3.63) is 59.4 Å². The van der Waals surface area contributed by atoms with Crippen LogP contribution in [-0.2, 0) is 0 Å². The van der Waals surface area contributed by atoms with Crippen molar-refractivity contribution in [1.29, 1.82) is 0 Å². The zero-order chi connectivity index (χ0) is 26.7. The number of amides is 1. The molecule has 2 saturated heterocycles. The maximum absolute atomic E-state index is 14.8. The Bertz CT molecular complexity index is 1300. The lowest BCUT2D eigenvalue weighted by Crippen LogP contribution is -2.35. The summed E-state index contributed by atoms with van der Waals surface area (Å²) >= 11 is 0. The quantitative estimate of drug-likeness (QED) is 0.652. The predicted molar refractivity (Wildman–Crippen MR) is 108 cm³/mol. The Balaban J connectivity index is 1.38. The Labute approximate surface area is 183 Å². The largest absolute Gasteiger partial charge is 0.340 e. The third-order valence-electron chi connectivity index (χ3n) is 5.56. The minimum Gasteiger partial charge on any atom is -0.340 e. The zero-order valence-electron chi connectivity index (χ0n) is 22.8. The van der Waals surface area contributed by atoms with Gasteiger partial charge in [0.25, 0.3) is 5.91 Å². The number of fused-ring (bicyclic) bond motifs is 1. The molecule has 0 aliphatic carbocycles. The molecule has 9 heteroatoms. The number of halogens is 1. The molecule has 8 nitrogen and oxygen atoms in total. The van der Waals surface area contributed by atoms with Crippen molar-refractivity contribution >= 4 is 11.9 Å². The molecule has 0 N–H and O–H groups in total. The van der Waals surface area contributed by atoms with Crippen molar-refractivity contribution < 1.29 is 18.8 Å². The average Bonchev–Trinajstić information content (AvgIpc) is 3.54. The second-order valence-electron chi connectivity index (χ2n) is 7.43. The Kier molecular flexibility index (Phi) is 2.95. The number of rotatable bonds is 3. The molecule has 2 fully saturated rings. The Morgan fingerprint density at radius 3 is 2.40 bits per heavy atom. The second kappa shape index (κ2) is 7.16. The maximum Gasteiger partial charge on any atom is 0.259 e. The fourth-order valence-corrected chi connectivity index (χ4v) is 4.25. The van der Waals surface area contributed by atoms with Gasteiger partial charge in [0.15, 0.2) is 0 Å². The molecule has 5 rings (SSSR count). The van der Waals surface area contributed by atoms with Gasteiger partial charge in [-0.2, -0.15) is 15.0 Å². The van der Waals surface area contributed by atoms with Crippen molar-refractivity contribution in [3.63, 3.8) is 0 Å². The van der Waals surface area contributed by atoms with E-state index in [1.54, 1.807) is 15.9 Å². The summed E-state index contributed by atoms with van der Waals surface area (Å²) < 4.78 is 68.9. The number of benzene rings is 1. The van der Waals surface area contributed by atoms with E-state index in [-0.39, 0.29) is 29.0 Å². The van der Waals surface area contributed by atoms with Crippen LogP contribution in [0.1, 0.15) is 31.3 Å². The van der Waals surface area contributed by atoms with E-state index in [0.29, 0.717) is 26.2 Å². The van der Waals surface area contributed by atoms with E-state index in [2.05, 4.69) is 20.2 Å². The first-order valence-electron chi connectivity index (χ1n) is 12.9. The molecule has 1 amide bonds. The van der Waals surface area contributed by atoms with E-state index in [0.717, 1.165) is 0 Å². The molecule has 2 aromatic heterocycles. The first-order chi connectivity index (χ1) is 17.3. The van der Waals surface area contributed by atoms with Crippen molar-refractivity contribution in [2.24, 2.45) is 11.8 Å². The fraction of sp³-hybridized carbons (Fsp3) is 0.381. The molecular formula is C21H22FN7O. The summed E-state index contributed by atoms with van der Waals surface area (Å²) in [5, 5.41) is 8.01. The highest BCUT2D eigenvalue weighted by atomic mass is 19.1. The van der Waals surface area contributed by atoms with Gasteiger partial charge in [0.1, 0.15) is 17.1 Å². The summed E-state index contributed by atoms with van der Waals surface area (Å²) in [6.07, 6.45) is 2.86. The van der Waals surface area contributed by atoms with Gasteiger partial charge in [0.05, 0.1) is 13.8 Å². The number of aryl methyl sites for hydroxylation is 2. The summed E-state index contributed by atoms with van der Waals surface area (Å²) in [5.74, 6) is -1.34. The number of hydrogen-bond donors (Lipinski definition) is 0. The first kappa shape index (κ1) is 12.4. The van der Waals surface area contributed by atoms with E-state index < -0.39 is 42.9 Å². The Hall–Kier alpha value is -3.36. The average molecular weight is 414 g/mol. The summed E-state index contributed by atoms with van der Waals surface area (Å²) in [5.41, 5.74) is -1.13. The van der Waals surface area contributed by atoms with Gasteiger partial charge in [0.2, 0.25) is 5.95 Å². The number of carbonyl (C=O) groups is 1. The summed E-state index contributed by atoms with van der Waals surface area (Å²) in [4.78, 5) is 25.9. The lowest BCUT2D eigenvalue weighted by Gasteiger charge is -2.23. The summed E-state index contributed by atoms with van der Waals surface area (Å²) in [6, 6.07) is 3.53. The number of carbonyl (C=O) groups excluding carboxylic acids is 1. The highest BCUT2D eigenvalue weighted by Gasteiger charge is 2.43. The molecule has 2 aliphatic rings. The molecule has 0 saturated carbocycles. The molecule has 30 heavy (non-hydrogen) atoms. The maximum atomic E-state index is 14.8. The number of hydrogen-bond acceptors (Lipinski definition) is 6. The number of anilines is 1. The van der Waals surface area contributed by atoms with Crippen LogP contribution in [0.4, 0.5) is 10.3 Å². The van der Waals surface area contributed by atoms with Crippen LogP contribution < -0.4 is 4.90 Å². The van der Waals surface area contributed by atoms with Crippen LogP contribution in [0, 0.1) is 31.4 Å². The molecule has 4 heterocycles. The predicted octanol–water partition coefficient (Wildman–Crippen LogP) is 2.02. The summed E-state index contributed by atoms with van der Waals surface area (Å²) in [7, 11) is 0. The van der Waals surface area contributed by atoms with Crippen LogP contribution in [0.15, 0.2) is 36.6 Å². The number of aromatic nitrogens is 5. The second-order valence-corrected chi connectivity index (χ2v) is 7.43. The van der Waals surface area contributed by atoms with Crippen LogP contribution in [-0.4, -0.2) is 61.9 Å². The van der Waals surface area contributed by atoms with Crippen molar-refractivity contribution in [1.82, 2.24) is 29.9 Å². The molecular weight excluding hydrogens is 385 g/mol. The minimum atomic E-state index is -2.78. The van der Waals surface area contributed by atoms with E-state index in [9.17, 15) is 9.18 Å². The van der Waals surface area contributed by atoms with Crippen LogP contribution in [0.5, 0.6) is 0 Å². The molecule has 2 unspecified atom stereocenters. The molecule has 2 aliphatic heterocycles. The van der Waals surface area contributed by atoms with Crippen LogP contribution >= 0.6 is 0 Å². The molecule has 2 atom stereocenters. The first-order valence-corrected chi connectivity index (χ1v) is 9.43. The van der Waals surface area contributed by atoms with Gasteiger partial charge in [-0.3, -0.25) is 4.79 Å². The molecule has 0 radical (unpaired) electrons. The van der Waals surface area contributed by atoms with Gasteiger partial charge in [-0.15, -0.1) is 0 Å². The van der Waals surface area contributed by atoms with Gasteiger partial charge in [-0.25, -0.2) is 14.4 Å². The number of likely N-dealkylation sites (tertiary alicyclic amines) is 1. The smallest absolute Gasteiger partial charge is 0.259 e. The Morgan fingerprint density at radius 2 is 1.77 bits per heavy atom. The van der Waals surface area contributed by atoms with Crippen molar-refractivity contribution in [2.75, 3.05) is 31.1 Å². The molecule has 0 spiro atoms. The SMILES string of the molecule is [2H]c1c(C([2H])([2H])[2H])nc(N2CC3CN(C(=O)c4c(F)cccc4-n4nccn4)CC3C2)nc1C([2H])([2H])[2H]. The van der Waals surface area contributed by atoms with E-state index in [1.807, 2.05) is 0 Å². The minimum absolute atomic E-state index is 0.0475.